The molecule has 0 saturated heterocycles. The third-order valence-electron chi connectivity index (χ3n) is 3.71. The summed E-state index contributed by atoms with van der Waals surface area (Å²) in [6.07, 6.45) is 0. The Labute approximate surface area is 146 Å². The molecule has 4 nitrogen and oxygen atoms in total. The summed E-state index contributed by atoms with van der Waals surface area (Å²) in [5.41, 5.74) is -0.172. The van der Waals surface area contributed by atoms with Crippen LogP contribution in [0, 0.1) is 0 Å². The van der Waals surface area contributed by atoms with Crippen molar-refractivity contribution >= 4 is 33.5 Å². The molecule has 0 amide bonds. The molecule has 0 radical (unpaired) electrons. The first-order chi connectivity index (χ1) is 11.8. The molecule has 0 aliphatic heterocycles. The first-order valence-electron chi connectivity index (χ1n) is 8.14. The molecule has 0 heterocycles. The minimum atomic E-state index is -0.609. The van der Waals surface area contributed by atoms with Crippen LogP contribution in [0.4, 0.5) is 0 Å². The van der Waals surface area contributed by atoms with Crippen LogP contribution < -0.4 is 0 Å². The molecule has 0 N–H and O–H groups in total. The van der Waals surface area contributed by atoms with Gasteiger partial charge in [0, 0.05) is 0 Å². The lowest BCUT2D eigenvalue weighted by Gasteiger charge is -2.19. The summed E-state index contributed by atoms with van der Waals surface area (Å²) in [5.74, 6) is -1.10. The normalized spacial score (nSPS) is 11.5. The molecule has 0 saturated carbocycles. The van der Waals surface area contributed by atoms with Crippen LogP contribution in [-0.4, -0.2) is 24.1 Å². The molecule has 4 heteroatoms. The van der Waals surface area contributed by atoms with E-state index in [1.807, 2.05) is 42.5 Å². The Bertz CT molecular complexity index is 951. The highest BCUT2D eigenvalue weighted by Gasteiger charge is 2.19. The zero-order valence-corrected chi connectivity index (χ0v) is 14.5. The van der Waals surface area contributed by atoms with E-state index in [0.29, 0.717) is 5.56 Å². The van der Waals surface area contributed by atoms with E-state index in [1.54, 1.807) is 32.9 Å². The molecule has 3 rings (SSSR count). The summed E-state index contributed by atoms with van der Waals surface area (Å²) in [4.78, 5) is 24.2. The highest BCUT2D eigenvalue weighted by Crippen LogP contribution is 2.26. The molecule has 25 heavy (non-hydrogen) atoms. The molecular formula is C21H20O4. The standard InChI is InChI=1S/C21H20O4/c1-21(2,3)25-19(22)13-24-20(23)17-10-6-9-16-11-14-7-4-5-8-15(14)12-18(16)17/h4-12H,13H2,1-3H3. The molecular weight excluding hydrogens is 316 g/mol. The quantitative estimate of drug-likeness (QED) is 0.522. The van der Waals surface area contributed by atoms with Gasteiger partial charge in [-0.3, -0.25) is 0 Å². The van der Waals surface area contributed by atoms with Gasteiger partial charge in [0.1, 0.15) is 5.60 Å². The third-order valence-corrected chi connectivity index (χ3v) is 3.71. The lowest BCUT2D eigenvalue weighted by atomic mass is 10.00. The topological polar surface area (TPSA) is 52.6 Å². The molecule has 0 aromatic heterocycles. The van der Waals surface area contributed by atoms with E-state index in [4.69, 9.17) is 9.47 Å². The van der Waals surface area contributed by atoms with Gasteiger partial charge in [-0.1, -0.05) is 36.4 Å². The van der Waals surface area contributed by atoms with Crippen molar-refractivity contribution in [3.63, 3.8) is 0 Å². The van der Waals surface area contributed by atoms with Gasteiger partial charge in [0.05, 0.1) is 5.56 Å². The molecule has 0 aliphatic rings. The number of benzene rings is 3. The van der Waals surface area contributed by atoms with Crippen molar-refractivity contribution < 1.29 is 19.1 Å². The molecule has 0 spiro atoms. The second kappa shape index (κ2) is 6.55. The van der Waals surface area contributed by atoms with Crippen molar-refractivity contribution in [2.75, 3.05) is 6.61 Å². The zero-order chi connectivity index (χ0) is 18.0. The van der Waals surface area contributed by atoms with E-state index in [0.717, 1.165) is 21.5 Å². The maximum atomic E-state index is 12.4. The van der Waals surface area contributed by atoms with E-state index in [-0.39, 0.29) is 0 Å². The smallest absolute Gasteiger partial charge is 0.344 e. The van der Waals surface area contributed by atoms with Crippen LogP contribution in [0.5, 0.6) is 0 Å². The highest BCUT2D eigenvalue weighted by molar-refractivity contribution is 6.09. The third kappa shape index (κ3) is 3.97. The summed E-state index contributed by atoms with van der Waals surface area (Å²) >= 11 is 0. The van der Waals surface area contributed by atoms with Crippen LogP contribution >= 0.6 is 0 Å². The predicted octanol–water partition coefficient (Wildman–Crippen LogP) is 4.49. The zero-order valence-electron chi connectivity index (χ0n) is 14.5. The number of carbonyl (C=O) groups is 2. The van der Waals surface area contributed by atoms with E-state index in [2.05, 4.69) is 0 Å². The van der Waals surface area contributed by atoms with Crippen LogP contribution in [0.15, 0.2) is 54.6 Å². The summed E-state index contributed by atoms with van der Waals surface area (Å²) < 4.78 is 10.3. The lowest BCUT2D eigenvalue weighted by molar-refractivity contribution is -0.158. The number of rotatable bonds is 3. The van der Waals surface area contributed by atoms with Gasteiger partial charge in [0.2, 0.25) is 0 Å². The Morgan fingerprint density at radius 1 is 0.880 bits per heavy atom. The Morgan fingerprint density at radius 2 is 1.52 bits per heavy atom. The monoisotopic (exact) mass is 336 g/mol. The predicted molar refractivity (Wildman–Crippen MR) is 97.6 cm³/mol. The lowest BCUT2D eigenvalue weighted by Crippen LogP contribution is -2.27. The van der Waals surface area contributed by atoms with Gasteiger partial charge in [0.25, 0.3) is 0 Å². The minimum Gasteiger partial charge on any atom is -0.457 e. The average Bonchev–Trinajstić information content (AvgIpc) is 2.55. The van der Waals surface area contributed by atoms with Crippen molar-refractivity contribution in [3.05, 3.63) is 60.2 Å². The van der Waals surface area contributed by atoms with Gasteiger partial charge >= 0.3 is 11.9 Å². The molecule has 0 fully saturated rings. The van der Waals surface area contributed by atoms with Crippen LogP contribution in [-0.2, 0) is 14.3 Å². The summed E-state index contributed by atoms with van der Waals surface area (Å²) in [6, 6.07) is 17.4. The molecule has 0 aliphatic carbocycles. The van der Waals surface area contributed by atoms with Crippen LogP contribution in [0.1, 0.15) is 31.1 Å². The first-order valence-corrected chi connectivity index (χ1v) is 8.14. The number of hydrogen-bond donors (Lipinski definition) is 0. The Morgan fingerprint density at radius 3 is 2.20 bits per heavy atom. The molecule has 128 valence electrons. The second-order valence-electron chi connectivity index (χ2n) is 6.89. The van der Waals surface area contributed by atoms with E-state index >= 15 is 0 Å². The number of esters is 2. The van der Waals surface area contributed by atoms with Gasteiger partial charge in [0.15, 0.2) is 6.61 Å². The summed E-state index contributed by atoms with van der Waals surface area (Å²) in [7, 11) is 0. The fourth-order valence-corrected chi connectivity index (χ4v) is 2.72. The maximum Gasteiger partial charge on any atom is 0.344 e. The number of fused-ring (bicyclic) bond motifs is 2. The minimum absolute atomic E-state index is 0.403. The largest absolute Gasteiger partial charge is 0.457 e. The van der Waals surface area contributed by atoms with Gasteiger partial charge in [-0.2, -0.15) is 0 Å². The average molecular weight is 336 g/mol. The fraction of sp³-hybridized carbons (Fsp3) is 0.238. The first kappa shape index (κ1) is 17.0. The second-order valence-corrected chi connectivity index (χ2v) is 6.89. The maximum absolute atomic E-state index is 12.4. The summed E-state index contributed by atoms with van der Waals surface area (Å²) in [6.45, 7) is 4.90. The van der Waals surface area contributed by atoms with E-state index in [9.17, 15) is 9.59 Å². The number of ether oxygens (including phenoxy) is 2. The summed E-state index contributed by atoms with van der Waals surface area (Å²) in [5, 5.41) is 3.90. The van der Waals surface area contributed by atoms with Crippen LogP contribution in [0.2, 0.25) is 0 Å². The molecule has 0 unspecified atom stereocenters. The highest BCUT2D eigenvalue weighted by atomic mass is 16.6. The molecule has 3 aromatic rings. The van der Waals surface area contributed by atoms with Crippen molar-refractivity contribution in [2.24, 2.45) is 0 Å². The SMILES string of the molecule is CC(C)(C)OC(=O)COC(=O)c1cccc2cc3ccccc3cc12. The number of hydrogen-bond acceptors (Lipinski definition) is 4. The Hall–Kier alpha value is -2.88. The van der Waals surface area contributed by atoms with Gasteiger partial charge in [-0.05, 0) is 60.5 Å². The fourth-order valence-electron chi connectivity index (χ4n) is 2.72. The van der Waals surface area contributed by atoms with E-state index < -0.39 is 24.1 Å². The van der Waals surface area contributed by atoms with Crippen LogP contribution in [0.3, 0.4) is 0 Å². The van der Waals surface area contributed by atoms with Crippen LogP contribution in [0.25, 0.3) is 21.5 Å². The Balaban J connectivity index is 1.86. The molecule has 3 aromatic carbocycles. The number of carbonyl (C=O) groups excluding carboxylic acids is 2. The van der Waals surface area contributed by atoms with Gasteiger partial charge in [-0.25, -0.2) is 9.59 Å². The van der Waals surface area contributed by atoms with Crippen molar-refractivity contribution in [2.45, 2.75) is 26.4 Å². The van der Waals surface area contributed by atoms with Crippen molar-refractivity contribution in [3.8, 4) is 0 Å². The molecule has 0 bridgehead atoms. The molecule has 0 atom stereocenters. The van der Waals surface area contributed by atoms with Gasteiger partial charge in [-0.15, -0.1) is 0 Å². The van der Waals surface area contributed by atoms with Crippen molar-refractivity contribution in [1.29, 1.82) is 0 Å². The van der Waals surface area contributed by atoms with Gasteiger partial charge < -0.3 is 9.47 Å². The van der Waals surface area contributed by atoms with Crippen molar-refractivity contribution in [1.82, 2.24) is 0 Å². The van der Waals surface area contributed by atoms with E-state index in [1.165, 1.54) is 0 Å². The Kier molecular flexibility index (Phi) is 4.45.